The molecule has 0 aromatic heterocycles. The molecular formula is C27H49N3O5. The van der Waals surface area contributed by atoms with Crippen molar-refractivity contribution >= 4 is 17.8 Å². The lowest BCUT2D eigenvalue weighted by Gasteiger charge is -2.29. The van der Waals surface area contributed by atoms with Crippen LogP contribution in [0.4, 0.5) is 0 Å². The zero-order valence-electron chi connectivity index (χ0n) is 22.1. The fourth-order valence-electron chi connectivity index (χ4n) is 5.59. The lowest BCUT2D eigenvalue weighted by atomic mass is 9.86. The smallest absolute Gasteiger partial charge is 0.326 e. The minimum absolute atomic E-state index is 0.219. The van der Waals surface area contributed by atoms with E-state index >= 15 is 0 Å². The number of carbonyl (C=O) groups excluding carboxylic acids is 2. The van der Waals surface area contributed by atoms with Crippen molar-refractivity contribution in [2.75, 3.05) is 13.1 Å². The summed E-state index contributed by atoms with van der Waals surface area (Å²) in [7, 11) is 0. The van der Waals surface area contributed by atoms with E-state index in [1.54, 1.807) is 0 Å². The van der Waals surface area contributed by atoms with Crippen LogP contribution in [0.2, 0.25) is 0 Å². The van der Waals surface area contributed by atoms with Crippen LogP contribution in [0.25, 0.3) is 0 Å². The molecule has 0 aromatic rings. The molecule has 0 saturated carbocycles. The van der Waals surface area contributed by atoms with Crippen molar-refractivity contribution in [3.63, 3.8) is 0 Å². The van der Waals surface area contributed by atoms with Gasteiger partial charge in [0.1, 0.15) is 17.7 Å². The monoisotopic (exact) mass is 495 g/mol. The Hall–Kier alpha value is -1.67. The molecule has 1 amide bonds. The normalized spacial score (nSPS) is 22.4. The molecule has 0 spiro atoms. The molecule has 4 N–H and O–H groups in total. The van der Waals surface area contributed by atoms with Crippen molar-refractivity contribution in [2.45, 2.75) is 140 Å². The number of unbranched alkanes of at least 4 members (excludes halogenated alkanes) is 7. The summed E-state index contributed by atoms with van der Waals surface area (Å²) in [4.78, 5) is 39.6. The fraction of sp³-hybridized carbons (Fsp3) is 0.889. The van der Waals surface area contributed by atoms with Gasteiger partial charge in [0.25, 0.3) is 0 Å². The average Bonchev–Trinajstić information content (AvgIpc) is 3.44. The highest BCUT2D eigenvalue weighted by Gasteiger charge is 2.47. The second kappa shape index (κ2) is 15.4. The van der Waals surface area contributed by atoms with Gasteiger partial charge < -0.3 is 20.5 Å². The molecule has 8 heteroatoms. The molecule has 2 saturated heterocycles. The van der Waals surface area contributed by atoms with Crippen LogP contribution in [0.5, 0.6) is 0 Å². The maximum Gasteiger partial charge on any atom is 0.326 e. The zero-order valence-corrected chi connectivity index (χ0v) is 22.1. The number of nitrogens with one attached hydrogen (secondary N) is 1. The number of esters is 1. The molecule has 0 radical (unpaired) electrons. The molecule has 2 aliphatic rings. The lowest BCUT2D eigenvalue weighted by molar-refractivity contribution is -0.152. The number of rotatable bonds is 18. The van der Waals surface area contributed by atoms with Gasteiger partial charge >= 0.3 is 11.9 Å². The summed E-state index contributed by atoms with van der Waals surface area (Å²) in [6, 6.07) is -1.92. The van der Waals surface area contributed by atoms with E-state index in [2.05, 4.69) is 19.2 Å². The second-order valence-electron chi connectivity index (χ2n) is 10.5. The first-order valence-electron chi connectivity index (χ1n) is 14.1. The quantitative estimate of drug-likeness (QED) is 0.193. The number of amides is 1. The second-order valence-corrected chi connectivity index (χ2v) is 10.5. The van der Waals surface area contributed by atoms with Gasteiger partial charge in [0.05, 0.1) is 6.04 Å². The molecule has 35 heavy (non-hydrogen) atoms. The van der Waals surface area contributed by atoms with Gasteiger partial charge in [-0.15, -0.1) is 0 Å². The van der Waals surface area contributed by atoms with Crippen molar-refractivity contribution in [1.29, 1.82) is 0 Å². The first-order chi connectivity index (χ1) is 16.9. The summed E-state index contributed by atoms with van der Waals surface area (Å²) < 4.78 is 6.07. The van der Waals surface area contributed by atoms with Crippen LogP contribution in [0.1, 0.15) is 117 Å². The first kappa shape index (κ1) is 29.6. The highest BCUT2D eigenvalue weighted by Crippen LogP contribution is 2.37. The molecule has 202 valence electrons. The van der Waals surface area contributed by atoms with Crippen molar-refractivity contribution in [2.24, 2.45) is 5.73 Å². The van der Waals surface area contributed by atoms with Crippen LogP contribution < -0.4 is 11.1 Å². The maximum absolute atomic E-state index is 13.4. The molecule has 0 unspecified atom stereocenters. The Bertz CT molecular complexity index is 659. The number of cyclic esters (lactones) is 1. The highest BCUT2D eigenvalue weighted by molar-refractivity contribution is 5.88. The zero-order chi connectivity index (χ0) is 25.7. The van der Waals surface area contributed by atoms with Gasteiger partial charge in [0.2, 0.25) is 5.91 Å². The van der Waals surface area contributed by atoms with E-state index in [1.165, 1.54) is 17.7 Å². The number of carboxylic acids is 1. The Balaban J connectivity index is 2.10. The summed E-state index contributed by atoms with van der Waals surface area (Å²) in [6.45, 7) is 5.35. The van der Waals surface area contributed by atoms with Crippen LogP contribution in [-0.2, 0) is 19.1 Å². The molecule has 2 fully saturated rings. The van der Waals surface area contributed by atoms with E-state index in [-0.39, 0.29) is 11.9 Å². The molecule has 0 aliphatic carbocycles. The summed E-state index contributed by atoms with van der Waals surface area (Å²) in [5.41, 5.74) is 5.20. The lowest BCUT2D eigenvalue weighted by Crippen LogP contribution is -2.53. The molecule has 8 nitrogen and oxygen atoms in total. The third kappa shape index (κ3) is 9.05. The van der Waals surface area contributed by atoms with Crippen molar-refractivity contribution < 1.29 is 24.2 Å². The number of carboxylic acid groups (broad SMARTS) is 1. The van der Waals surface area contributed by atoms with E-state index in [0.717, 1.165) is 64.2 Å². The number of hydrogen-bond acceptors (Lipinski definition) is 6. The standard InChI is InChI=1S/C27H49N3O5/c1-3-5-7-10-16-27(17-11-8-6-4-2)20-22(26(34)35-27)29-21(14-9-12-18-28)24(31)30-19-13-15-23(30)25(32)33/h21-23,29H,3-20,28H2,1-2H3,(H,32,33)/t21-,22-,23-/m0/s1. The van der Waals surface area contributed by atoms with Crippen molar-refractivity contribution in [3.05, 3.63) is 0 Å². The molecule has 2 rings (SSSR count). The number of likely N-dealkylation sites (tertiary alicyclic amines) is 1. The number of aliphatic carboxylic acids is 1. The molecular weight excluding hydrogens is 446 g/mol. The van der Waals surface area contributed by atoms with E-state index in [9.17, 15) is 19.5 Å². The van der Waals surface area contributed by atoms with Crippen LogP contribution in [0.3, 0.4) is 0 Å². The number of hydrogen-bond donors (Lipinski definition) is 3. The van der Waals surface area contributed by atoms with E-state index in [0.29, 0.717) is 38.8 Å². The van der Waals surface area contributed by atoms with Crippen LogP contribution >= 0.6 is 0 Å². The Kier molecular flexibility index (Phi) is 13.0. The summed E-state index contributed by atoms with van der Waals surface area (Å²) >= 11 is 0. The molecule has 3 atom stereocenters. The molecule has 0 aromatic carbocycles. The fourth-order valence-corrected chi connectivity index (χ4v) is 5.59. The van der Waals surface area contributed by atoms with E-state index < -0.39 is 29.7 Å². The minimum Gasteiger partial charge on any atom is -0.480 e. The van der Waals surface area contributed by atoms with Gasteiger partial charge in [0.15, 0.2) is 0 Å². The minimum atomic E-state index is -0.963. The summed E-state index contributed by atoms with van der Waals surface area (Å²) in [5.74, 6) is -1.46. The highest BCUT2D eigenvalue weighted by atomic mass is 16.6. The topological polar surface area (TPSA) is 122 Å². The Morgan fingerprint density at radius 2 is 1.74 bits per heavy atom. The summed E-state index contributed by atoms with van der Waals surface area (Å²) in [5, 5.41) is 12.9. The Morgan fingerprint density at radius 3 is 2.31 bits per heavy atom. The Morgan fingerprint density at radius 1 is 1.09 bits per heavy atom. The van der Waals surface area contributed by atoms with Crippen molar-refractivity contribution in [3.8, 4) is 0 Å². The number of ether oxygens (including phenoxy) is 1. The van der Waals surface area contributed by atoms with Gasteiger partial charge in [0, 0.05) is 13.0 Å². The largest absolute Gasteiger partial charge is 0.480 e. The number of nitrogens with two attached hydrogens (primary N) is 1. The predicted molar refractivity (Wildman–Crippen MR) is 137 cm³/mol. The van der Waals surface area contributed by atoms with Crippen LogP contribution in [0, 0.1) is 0 Å². The van der Waals surface area contributed by atoms with Gasteiger partial charge in [-0.25, -0.2) is 4.79 Å². The number of nitrogens with zero attached hydrogens (tertiary/aromatic N) is 1. The summed E-state index contributed by atoms with van der Waals surface area (Å²) in [6.07, 6.45) is 14.5. The van der Waals surface area contributed by atoms with Gasteiger partial charge in [-0.1, -0.05) is 58.8 Å². The van der Waals surface area contributed by atoms with E-state index in [1.807, 2.05) is 0 Å². The molecule has 2 aliphatic heterocycles. The predicted octanol–water partition coefficient (Wildman–Crippen LogP) is 4.14. The maximum atomic E-state index is 13.4. The third-order valence-electron chi connectivity index (χ3n) is 7.62. The molecule has 0 bridgehead atoms. The molecule has 2 heterocycles. The third-order valence-corrected chi connectivity index (χ3v) is 7.62. The average molecular weight is 496 g/mol. The number of carbonyl (C=O) groups is 3. The van der Waals surface area contributed by atoms with E-state index in [4.69, 9.17) is 10.5 Å². The van der Waals surface area contributed by atoms with Crippen molar-refractivity contribution in [1.82, 2.24) is 10.2 Å². The first-order valence-corrected chi connectivity index (χ1v) is 14.1. The SMILES string of the molecule is CCCCCCC1(CCCCCC)C[C@H](N[C@@H](CCCCN)C(=O)N2CCC[C@H]2C(=O)O)C(=O)O1. The Labute approximate surface area is 211 Å². The van der Waals surface area contributed by atoms with Gasteiger partial charge in [-0.3, -0.25) is 14.9 Å². The van der Waals surface area contributed by atoms with Crippen LogP contribution in [0.15, 0.2) is 0 Å². The van der Waals surface area contributed by atoms with Crippen LogP contribution in [-0.4, -0.2) is 64.7 Å². The van der Waals surface area contributed by atoms with Gasteiger partial charge in [-0.05, 0) is 57.9 Å². The van der Waals surface area contributed by atoms with Gasteiger partial charge in [-0.2, -0.15) is 0 Å².